The van der Waals surface area contributed by atoms with E-state index >= 15 is 0 Å². The van der Waals surface area contributed by atoms with Crippen LogP contribution in [0.2, 0.25) is 0 Å². The van der Waals surface area contributed by atoms with E-state index in [9.17, 15) is 0 Å². The Kier molecular flexibility index (Phi) is 3.87. The van der Waals surface area contributed by atoms with Gasteiger partial charge in [-0.05, 0) is 40.5 Å². The van der Waals surface area contributed by atoms with Gasteiger partial charge in [-0.2, -0.15) is 0 Å². The zero-order valence-electron chi connectivity index (χ0n) is 12.6. The fraction of sp³-hybridized carbons (Fsp3) is 0.800. The molecule has 0 saturated heterocycles. The molecule has 2 heteroatoms. The van der Waals surface area contributed by atoms with Gasteiger partial charge >= 0.3 is 0 Å². The van der Waals surface area contributed by atoms with Crippen LogP contribution < -0.4 is 0 Å². The molecule has 1 rings (SSSR count). The average Bonchev–Trinajstić information content (AvgIpc) is 2.15. The fourth-order valence-corrected chi connectivity index (χ4v) is 3.47. The number of hydrogen-bond acceptors (Lipinski definition) is 1. The second-order valence-corrected chi connectivity index (χ2v) is 7.26. The topological polar surface area (TPSA) is 12.4 Å². The van der Waals surface area contributed by atoms with Gasteiger partial charge in [-0.25, -0.2) is 0 Å². The van der Waals surface area contributed by atoms with Crippen LogP contribution in [0.5, 0.6) is 0 Å². The van der Waals surface area contributed by atoms with Crippen molar-refractivity contribution in [2.45, 2.75) is 66.0 Å². The second-order valence-electron chi connectivity index (χ2n) is 7.26. The van der Waals surface area contributed by atoms with Crippen LogP contribution in [0.4, 0.5) is 0 Å². The summed E-state index contributed by atoms with van der Waals surface area (Å²) >= 11 is 0. The van der Waals surface area contributed by atoms with E-state index in [1.54, 1.807) is 0 Å². The molecule has 1 atom stereocenters. The summed E-state index contributed by atoms with van der Waals surface area (Å²) in [5.74, 6) is 0.717. The predicted molar refractivity (Wildman–Crippen MR) is 76.0 cm³/mol. The molecule has 0 spiro atoms. The van der Waals surface area contributed by atoms with Crippen molar-refractivity contribution in [1.29, 1.82) is 0 Å². The first kappa shape index (κ1) is 14.4. The summed E-state index contributed by atoms with van der Waals surface area (Å²) in [6, 6.07) is 0. The van der Waals surface area contributed by atoms with Crippen LogP contribution in [0.25, 0.3) is 0 Å². The molecule has 0 saturated carbocycles. The van der Waals surface area contributed by atoms with E-state index in [0.29, 0.717) is 0 Å². The molecule has 1 unspecified atom stereocenters. The van der Waals surface area contributed by atoms with Crippen LogP contribution in [0.15, 0.2) is 17.4 Å². The van der Waals surface area contributed by atoms with Crippen molar-refractivity contribution in [2.75, 3.05) is 6.54 Å². The van der Waals surface area contributed by atoms with Crippen molar-refractivity contribution in [3.63, 3.8) is 0 Å². The molecule has 0 aromatic carbocycles. The predicted octanol–water partition coefficient (Wildman–Crippen LogP) is 3.98. The minimum Gasteiger partial charge on any atom is -0.283 e. The van der Waals surface area contributed by atoms with Crippen LogP contribution in [0.3, 0.4) is 0 Å². The van der Waals surface area contributed by atoms with Gasteiger partial charge in [-0.3, -0.25) is 9.48 Å². The Balaban J connectivity index is 3.16. The number of aliphatic imine (C=N–C) groups is 1. The van der Waals surface area contributed by atoms with Crippen LogP contribution in [-0.4, -0.2) is 28.3 Å². The zero-order chi connectivity index (χ0) is 13.3. The van der Waals surface area contributed by atoms with E-state index < -0.39 is 0 Å². The van der Waals surface area contributed by atoms with Gasteiger partial charge < -0.3 is 0 Å². The van der Waals surface area contributed by atoms with E-state index in [0.717, 1.165) is 16.9 Å². The second kappa shape index (κ2) is 4.56. The van der Waals surface area contributed by atoms with Crippen molar-refractivity contribution in [3.05, 3.63) is 12.4 Å². The van der Waals surface area contributed by atoms with Crippen molar-refractivity contribution in [1.82, 2.24) is 0 Å². The lowest BCUT2D eigenvalue weighted by Gasteiger charge is -2.56. The Morgan fingerprint density at radius 3 is 2.12 bits per heavy atom. The molecule has 0 aromatic rings. The molecule has 2 nitrogen and oxygen atoms in total. The average molecular weight is 237 g/mol. The summed E-state index contributed by atoms with van der Waals surface area (Å²) < 4.78 is 0.988. The lowest BCUT2D eigenvalue weighted by molar-refractivity contribution is -0.962. The molecule has 0 bridgehead atoms. The largest absolute Gasteiger partial charge is 0.283 e. The lowest BCUT2D eigenvalue weighted by atomic mass is 9.83. The number of nitrogens with zero attached hydrogens (tertiary/aromatic N) is 2. The molecule has 1 aliphatic heterocycles. The standard InChI is InChI=1S/C15H29N2/c1-13(2)12-15(6,7)17(14(3,4)5)10-8-16-9-11-17/h8-10,13H,11-12H2,1-7H3/q+1. The third-order valence-corrected chi connectivity index (χ3v) is 4.07. The van der Waals surface area contributed by atoms with Gasteiger partial charge in [-0.1, -0.05) is 13.8 Å². The van der Waals surface area contributed by atoms with Crippen LogP contribution >= 0.6 is 0 Å². The first-order valence-electron chi connectivity index (χ1n) is 6.70. The Morgan fingerprint density at radius 1 is 1.18 bits per heavy atom. The maximum Gasteiger partial charge on any atom is 0.120 e. The van der Waals surface area contributed by atoms with Crippen LogP contribution in [0.1, 0.15) is 54.9 Å². The van der Waals surface area contributed by atoms with Crippen molar-refractivity contribution >= 4 is 6.21 Å². The maximum atomic E-state index is 4.26. The molecular weight excluding hydrogens is 208 g/mol. The summed E-state index contributed by atoms with van der Waals surface area (Å²) in [6.07, 6.45) is 7.55. The molecule has 0 aliphatic carbocycles. The zero-order valence-corrected chi connectivity index (χ0v) is 12.6. The van der Waals surface area contributed by atoms with Crippen molar-refractivity contribution in [3.8, 4) is 0 Å². The molecule has 0 fully saturated rings. The maximum absolute atomic E-state index is 4.26. The van der Waals surface area contributed by atoms with E-state index in [1.165, 1.54) is 6.42 Å². The van der Waals surface area contributed by atoms with Gasteiger partial charge in [0.1, 0.15) is 12.7 Å². The first-order valence-corrected chi connectivity index (χ1v) is 6.70. The normalized spacial score (nSPS) is 25.6. The van der Waals surface area contributed by atoms with Crippen molar-refractivity contribution < 1.29 is 4.48 Å². The first-order chi connectivity index (χ1) is 7.62. The summed E-state index contributed by atoms with van der Waals surface area (Å²) in [4.78, 5) is 4.26. The Bertz CT molecular complexity index is 318. The molecule has 0 radical (unpaired) electrons. The summed E-state index contributed by atoms with van der Waals surface area (Å²) in [7, 11) is 0. The fourth-order valence-electron chi connectivity index (χ4n) is 3.47. The highest BCUT2D eigenvalue weighted by Gasteiger charge is 2.50. The van der Waals surface area contributed by atoms with Gasteiger partial charge in [0.05, 0.1) is 23.5 Å². The number of rotatable bonds is 3. The van der Waals surface area contributed by atoms with E-state index in [4.69, 9.17) is 0 Å². The van der Waals surface area contributed by atoms with Gasteiger partial charge in [-0.15, -0.1) is 0 Å². The highest BCUT2D eigenvalue weighted by atomic mass is 15.4. The van der Waals surface area contributed by atoms with Gasteiger partial charge in [0.25, 0.3) is 0 Å². The Morgan fingerprint density at radius 2 is 1.76 bits per heavy atom. The van der Waals surface area contributed by atoms with Gasteiger partial charge in [0, 0.05) is 6.42 Å². The lowest BCUT2D eigenvalue weighted by Crippen LogP contribution is -2.68. The number of hydrogen-bond donors (Lipinski definition) is 0. The quantitative estimate of drug-likeness (QED) is 0.658. The third kappa shape index (κ3) is 2.62. The van der Waals surface area contributed by atoms with Crippen LogP contribution in [-0.2, 0) is 0 Å². The molecule has 1 heterocycles. The van der Waals surface area contributed by atoms with Gasteiger partial charge in [0.2, 0.25) is 0 Å². The SMILES string of the molecule is CC(C)CC(C)(C)[N+]1(C(C)(C)C)C=CN=CC1. The monoisotopic (exact) mass is 237 g/mol. The third-order valence-electron chi connectivity index (χ3n) is 4.07. The minimum atomic E-state index is 0.196. The molecule has 1 aliphatic rings. The Hall–Kier alpha value is -0.630. The molecule has 17 heavy (non-hydrogen) atoms. The minimum absolute atomic E-state index is 0.196. The summed E-state index contributed by atoms with van der Waals surface area (Å²) in [6.45, 7) is 17.4. The number of quaternary nitrogens is 1. The Labute approximate surface area is 107 Å². The van der Waals surface area contributed by atoms with E-state index in [-0.39, 0.29) is 11.1 Å². The van der Waals surface area contributed by atoms with Gasteiger partial charge in [0.15, 0.2) is 0 Å². The van der Waals surface area contributed by atoms with Crippen LogP contribution in [0, 0.1) is 5.92 Å². The van der Waals surface area contributed by atoms with Crippen molar-refractivity contribution in [2.24, 2.45) is 10.9 Å². The molecule has 0 aromatic heterocycles. The summed E-state index contributed by atoms with van der Waals surface area (Å²) in [5, 5.41) is 0. The molecule has 98 valence electrons. The molecule has 0 amide bonds. The molecule has 0 N–H and O–H groups in total. The highest BCUT2D eigenvalue weighted by molar-refractivity contribution is 5.60. The smallest absolute Gasteiger partial charge is 0.120 e. The van der Waals surface area contributed by atoms with E-state index in [1.807, 2.05) is 6.20 Å². The van der Waals surface area contributed by atoms with E-state index in [2.05, 4.69) is 65.9 Å². The molecular formula is C15H29N2+. The summed E-state index contributed by atoms with van der Waals surface area (Å²) in [5.41, 5.74) is 0.427. The highest BCUT2D eigenvalue weighted by Crippen LogP contribution is 2.40.